The zero-order valence-corrected chi connectivity index (χ0v) is 20.7. The molecule has 186 valence electrons. The standard InChI is InChI=1S/C26H24N8O2S/c1-28-25-29-10-9-20(33-25)21-14-17-13-16(7-8-19(17)31-21)24(36)32-22(23(27)35)15-34(26-30-11-12-37-26)18-5-3-2-4-6-18/h2-14,22,31H,15H2,1H3,(H2,27,35)(H,32,36)(H,28,29,33). The van der Waals surface area contributed by atoms with E-state index in [1.165, 1.54) is 11.3 Å². The highest BCUT2D eigenvalue weighted by Crippen LogP contribution is 2.27. The van der Waals surface area contributed by atoms with Crippen LogP contribution in [0.15, 0.2) is 78.4 Å². The number of anilines is 3. The molecule has 1 unspecified atom stereocenters. The minimum Gasteiger partial charge on any atom is -0.368 e. The average Bonchev–Trinajstić information content (AvgIpc) is 3.61. The molecular formula is C26H24N8O2S. The van der Waals surface area contributed by atoms with Gasteiger partial charge in [0.1, 0.15) is 6.04 Å². The number of carbonyl (C=O) groups excluding carboxylic acids is 2. The Labute approximate surface area is 216 Å². The van der Waals surface area contributed by atoms with Crippen LogP contribution < -0.4 is 21.3 Å². The van der Waals surface area contributed by atoms with Gasteiger partial charge in [-0.2, -0.15) is 0 Å². The summed E-state index contributed by atoms with van der Waals surface area (Å²) in [7, 11) is 1.75. The lowest BCUT2D eigenvalue weighted by molar-refractivity contribution is -0.119. The van der Waals surface area contributed by atoms with E-state index in [0.717, 1.165) is 28.0 Å². The zero-order valence-electron chi connectivity index (χ0n) is 19.9. The topological polar surface area (TPSA) is 142 Å². The second-order valence-electron chi connectivity index (χ2n) is 8.19. The molecule has 0 aliphatic rings. The molecule has 2 amide bonds. The number of hydrogen-bond acceptors (Lipinski definition) is 8. The van der Waals surface area contributed by atoms with Crippen LogP contribution in [-0.4, -0.2) is 51.4 Å². The highest BCUT2D eigenvalue weighted by molar-refractivity contribution is 7.13. The molecule has 5 aromatic rings. The smallest absolute Gasteiger partial charge is 0.252 e. The minimum atomic E-state index is -0.949. The molecule has 0 aliphatic carbocycles. The molecule has 0 saturated heterocycles. The molecule has 11 heteroatoms. The molecule has 3 heterocycles. The van der Waals surface area contributed by atoms with E-state index in [1.807, 2.05) is 52.7 Å². The maximum absolute atomic E-state index is 13.2. The summed E-state index contributed by atoms with van der Waals surface area (Å²) >= 11 is 1.43. The number of amides is 2. The van der Waals surface area contributed by atoms with E-state index >= 15 is 0 Å². The molecule has 0 aliphatic heterocycles. The monoisotopic (exact) mass is 512 g/mol. The van der Waals surface area contributed by atoms with Crippen molar-refractivity contribution in [2.24, 2.45) is 5.73 Å². The van der Waals surface area contributed by atoms with Gasteiger partial charge >= 0.3 is 0 Å². The van der Waals surface area contributed by atoms with Crippen molar-refractivity contribution in [3.63, 3.8) is 0 Å². The van der Waals surface area contributed by atoms with Crippen LogP contribution in [0.5, 0.6) is 0 Å². The number of hydrogen-bond donors (Lipinski definition) is 4. The number of benzene rings is 2. The van der Waals surface area contributed by atoms with Crippen molar-refractivity contribution in [1.82, 2.24) is 25.3 Å². The van der Waals surface area contributed by atoms with Gasteiger partial charge in [0.05, 0.1) is 17.9 Å². The van der Waals surface area contributed by atoms with Gasteiger partial charge in [0.15, 0.2) is 5.13 Å². The van der Waals surface area contributed by atoms with Gasteiger partial charge in [-0.25, -0.2) is 15.0 Å². The van der Waals surface area contributed by atoms with Crippen LogP contribution in [0.1, 0.15) is 10.4 Å². The number of nitrogens with two attached hydrogens (primary N) is 1. The molecule has 10 nitrogen and oxygen atoms in total. The summed E-state index contributed by atoms with van der Waals surface area (Å²) in [4.78, 5) is 43.7. The van der Waals surface area contributed by atoms with Crippen LogP contribution >= 0.6 is 11.3 Å². The maximum atomic E-state index is 13.2. The third-order valence-corrected chi connectivity index (χ3v) is 6.56. The summed E-state index contributed by atoms with van der Waals surface area (Å²) in [6.07, 6.45) is 3.36. The van der Waals surface area contributed by atoms with Gasteiger partial charge in [0.25, 0.3) is 5.91 Å². The molecule has 5 N–H and O–H groups in total. The van der Waals surface area contributed by atoms with E-state index in [1.54, 1.807) is 37.6 Å². The molecule has 5 rings (SSSR count). The molecule has 3 aromatic heterocycles. The number of aromatic nitrogens is 4. The van der Waals surface area contributed by atoms with Crippen molar-refractivity contribution < 1.29 is 9.59 Å². The van der Waals surface area contributed by atoms with Crippen molar-refractivity contribution in [3.8, 4) is 11.4 Å². The van der Waals surface area contributed by atoms with Crippen LogP contribution in [0.4, 0.5) is 16.8 Å². The second kappa shape index (κ2) is 10.5. The lowest BCUT2D eigenvalue weighted by atomic mass is 10.1. The Hall–Kier alpha value is -4.77. The molecule has 1 atom stereocenters. The lowest BCUT2D eigenvalue weighted by Crippen LogP contribution is -2.50. The Bertz CT molecular complexity index is 1540. The number of H-pyrrole nitrogens is 1. The van der Waals surface area contributed by atoms with Gasteiger partial charge in [-0.3, -0.25) is 9.59 Å². The summed E-state index contributed by atoms with van der Waals surface area (Å²) in [6.45, 7) is 0.136. The fourth-order valence-electron chi connectivity index (χ4n) is 3.92. The third-order valence-electron chi connectivity index (χ3n) is 5.77. The molecule has 2 aromatic carbocycles. The van der Waals surface area contributed by atoms with Crippen LogP contribution in [0.3, 0.4) is 0 Å². The molecular weight excluding hydrogens is 488 g/mol. The molecule has 0 radical (unpaired) electrons. The van der Waals surface area contributed by atoms with Crippen molar-refractivity contribution in [2.75, 3.05) is 23.8 Å². The van der Waals surface area contributed by atoms with Crippen molar-refractivity contribution in [2.45, 2.75) is 6.04 Å². The van der Waals surface area contributed by atoms with E-state index in [4.69, 9.17) is 5.73 Å². The molecule has 0 spiro atoms. The number of carbonyl (C=O) groups is 2. The van der Waals surface area contributed by atoms with E-state index in [9.17, 15) is 9.59 Å². The second-order valence-corrected chi connectivity index (χ2v) is 9.06. The fourth-order valence-corrected chi connectivity index (χ4v) is 4.60. The summed E-state index contributed by atoms with van der Waals surface area (Å²) in [5, 5.41) is 9.09. The number of rotatable bonds is 9. The van der Waals surface area contributed by atoms with Crippen LogP contribution in [0.2, 0.25) is 0 Å². The molecule has 0 saturated carbocycles. The number of nitrogens with one attached hydrogen (secondary N) is 3. The zero-order chi connectivity index (χ0) is 25.8. The van der Waals surface area contributed by atoms with Crippen molar-refractivity contribution in [3.05, 3.63) is 84.0 Å². The number of thiazole rings is 1. The van der Waals surface area contributed by atoms with Gasteiger partial charge in [-0.05, 0) is 42.5 Å². The third kappa shape index (κ3) is 5.26. The maximum Gasteiger partial charge on any atom is 0.252 e. The summed E-state index contributed by atoms with van der Waals surface area (Å²) in [6, 6.07) is 17.6. The van der Waals surface area contributed by atoms with Crippen molar-refractivity contribution >= 4 is 50.8 Å². The number of nitrogens with zero attached hydrogens (tertiary/aromatic N) is 4. The Balaban J connectivity index is 1.38. The first-order valence-electron chi connectivity index (χ1n) is 11.5. The van der Waals surface area contributed by atoms with Gasteiger partial charge < -0.3 is 26.3 Å². The van der Waals surface area contributed by atoms with Gasteiger partial charge in [-0.1, -0.05) is 18.2 Å². The number of para-hydroxylation sites is 1. The van der Waals surface area contributed by atoms with E-state index in [2.05, 4.69) is 30.6 Å². The highest BCUT2D eigenvalue weighted by Gasteiger charge is 2.24. The minimum absolute atomic E-state index is 0.136. The van der Waals surface area contributed by atoms with E-state index in [0.29, 0.717) is 16.6 Å². The van der Waals surface area contributed by atoms with E-state index < -0.39 is 17.9 Å². The first-order chi connectivity index (χ1) is 18.0. The Morgan fingerprint density at radius 2 is 1.92 bits per heavy atom. The number of aromatic amines is 1. The highest BCUT2D eigenvalue weighted by atomic mass is 32.1. The first-order valence-corrected chi connectivity index (χ1v) is 12.4. The van der Waals surface area contributed by atoms with Gasteiger partial charge in [-0.15, -0.1) is 11.3 Å². The summed E-state index contributed by atoms with van der Waals surface area (Å²) < 4.78 is 0. The molecule has 0 bridgehead atoms. The molecule has 0 fully saturated rings. The Kier molecular flexibility index (Phi) is 6.77. The van der Waals surface area contributed by atoms with Gasteiger partial charge in [0, 0.05) is 47.0 Å². The Morgan fingerprint density at radius 3 is 2.65 bits per heavy atom. The van der Waals surface area contributed by atoms with E-state index in [-0.39, 0.29) is 6.54 Å². The Morgan fingerprint density at radius 1 is 1.08 bits per heavy atom. The van der Waals surface area contributed by atoms with Crippen LogP contribution in [-0.2, 0) is 4.79 Å². The van der Waals surface area contributed by atoms with Crippen molar-refractivity contribution in [1.29, 1.82) is 0 Å². The predicted octanol–water partition coefficient (Wildman–Crippen LogP) is 3.55. The summed E-state index contributed by atoms with van der Waals surface area (Å²) in [5.74, 6) is -0.531. The number of primary amides is 1. The normalized spacial score (nSPS) is 11.7. The van der Waals surface area contributed by atoms with Crippen LogP contribution in [0.25, 0.3) is 22.3 Å². The summed E-state index contributed by atoms with van der Waals surface area (Å²) in [5.41, 5.74) is 9.31. The predicted molar refractivity (Wildman–Crippen MR) is 145 cm³/mol. The first kappa shape index (κ1) is 23.9. The van der Waals surface area contributed by atoms with Crippen LogP contribution in [0, 0.1) is 0 Å². The van der Waals surface area contributed by atoms with Gasteiger partial charge in [0.2, 0.25) is 11.9 Å². The SMILES string of the molecule is CNc1nccc(-c2cc3cc(C(=O)NC(CN(c4ccccc4)c4nccs4)C(N)=O)ccc3[nH]2)n1. The molecule has 37 heavy (non-hydrogen) atoms. The average molecular weight is 513 g/mol. The largest absolute Gasteiger partial charge is 0.368 e. The lowest BCUT2D eigenvalue weighted by Gasteiger charge is -2.26. The quantitative estimate of drug-likeness (QED) is 0.237. The number of fused-ring (bicyclic) bond motifs is 1. The fraction of sp³-hybridized carbons (Fsp3) is 0.115.